The molecule has 0 radical (unpaired) electrons. The molecule has 0 aliphatic carbocycles. The molecule has 3 rings (SSSR count). The monoisotopic (exact) mass is 397 g/mol. The molecule has 0 saturated heterocycles. The van der Waals surface area contributed by atoms with E-state index in [1.165, 1.54) is 11.6 Å². The van der Waals surface area contributed by atoms with Gasteiger partial charge in [-0.05, 0) is 35.0 Å². The van der Waals surface area contributed by atoms with Gasteiger partial charge >= 0.3 is 0 Å². The maximum atomic E-state index is 12.4. The number of H-pyrrole nitrogens is 1. The molecule has 1 aliphatic heterocycles. The Morgan fingerprint density at radius 1 is 1.35 bits per heavy atom. The van der Waals surface area contributed by atoms with E-state index in [0.717, 1.165) is 29.4 Å². The topological polar surface area (TPSA) is 74.0 Å². The van der Waals surface area contributed by atoms with E-state index in [4.69, 9.17) is 0 Å². The van der Waals surface area contributed by atoms with E-state index >= 15 is 0 Å². The standard InChI is InChI=1S/C16H16BrN3O2.ClH/c17-13-3-1-2-11-12(8-14(21)20-15(11)13)16(22)19-9-10-4-6-18-7-5-10;/h1-4,8,18H,5-7,9H2,(H,19,22)(H,20,21);1H. The summed E-state index contributed by atoms with van der Waals surface area (Å²) in [6.07, 6.45) is 3.03. The number of para-hydroxylation sites is 1. The average molecular weight is 399 g/mol. The van der Waals surface area contributed by atoms with E-state index in [0.29, 0.717) is 17.6 Å². The summed E-state index contributed by atoms with van der Waals surface area (Å²) in [6.45, 7) is 2.29. The first-order valence-electron chi connectivity index (χ1n) is 7.13. The molecule has 0 atom stereocenters. The van der Waals surface area contributed by atoms with Crippen molar-refractivity contribution in [3.8, 4) is 0 Å². The number of amides is 1. The molecule has 1 aromatic heterocycles. The smallest absolute Gasteiger partial charge is 0.252 e. The van der Waals surface area contributed by atoms with Crippen LogP contribution in [0.3, 0.4) is 0 Å². The van der Waals surface area contributed by atoms with E-state index in [-0.39, 0.29) is 23.9 Å². The third-order valence-corrected chi connectivity index (χ3v) is 4.37. The number of aromatic amines is 1. The number of nitrogens with one attached hydrogen (secondary N) is 3. The van der Waals surface area contributed by atoms with Crippen LogP contribution in [-0.4, -0.2) is 30.5 Å². The maximum absolute atomic E-state index is 12.4. The number of hydrogen-bond donors (Lipinski definition) is 3. The largest absolute Gasteiger partial charge is 0.348 e. The molecule has 0 unspecified atom stereocenters. The number of pyridine rings is 1. The Bertz CT molecular complexity index is 817. The molecule has 0 fully saturated rings. The number of halogens is 2. The van der Waals surface area contributed by atoms with Gasteiger partial charge < -0.3 is 15.6 Å². The quantitative estimate of drug-likeness (QED) is 0.695. The zero-order valence-electron chi connectivity index (χ0n) is 12.3. The highest BCUT2D eigenvalue weighted by atomic mass is 79.9. The molecule has 23 heavy (non-hydrogen) atoms. The Labute approximate surface area is 148 Å². The lowest BCUT2D eigenvalue weighted by Crippen LogP contribution is -2.30. The lowest BCUT2D eigenvalue weighted by molar-refractivity contribution is 0.0958. The molecule has 2 aromatic rings. The predicted octanol–water partition coefficient (Wildman–Crippen LogP) is 2.36. The van der Waals surface area contributed by atoms with Crippen molar-refractivity contribution < 1.29 is 4.79 Å². The summed E-state index contributed by atoms with van der Waals surface area (Å²) in [4.78, 5) is 27.0. The summed E-state index contributed by atoms with van der Waals surface area (Å²) in [6, 6.07) is 6.85. The number of rotatable bonds is 3. The minimum Gasteiger partial charge on any atom is -0.348 e. The maximum Gasteiger partial charge on any atom is 0.252 e. The highest BCUT2D eigenvalue weighted by molar-refractivity contribution is 9.10. The average Bonchev–Trinajstić information content (AvgIpc) is 2.54. The van der Waals surface area contributed by atoms with Crippen LogP contribution in [0.5, 0.6) is 0 Å². The first-order chi connectivity index (χ1) is 10.6. The first-order valence-corrected chi connectivity index (χ1v) is 7.93. The molecule has 2 heterocycles. The third-order valence-electron chi connectivity index (χ3n) is 3.71. The van der Waals surface area contributed by atoms with Crippen molar-refractivity contribution in [1.82, 2.24) is 15.6 Å². The van der Waals surface area contributed by atoms with Gasteiger partial charge in [-0.15, -0.1) is 12.4 Å². The van der Waals surface area contributed by atoms with Crippen LogP contribution in [0, 0.1) is 0 Å². The highest BCUT2D eigenvalue weighted by Crippen LogP contribution is 2.23. The minimum atomic E-state index is -0.286. The van der Waals surface area contributed by atoms with E-state index in [1.54, 1.807) is 0 Å². The number of hydrogen-bond acceptors (Lipinski definition) is 3. The van der Waals surface area contributed by atoms with Gasteiger partial charge in [0.25, 0.3) is 5.91 Å². The van der Waals surface area contributed by atoms with Gasteiger partial charge in [0.1, 0.15) is 0 Å². The van der Waals surface area contributed by atoms with Crippen molar-refractivity contribution in [1.29, 1.82) is 0 Å². The van der Waals surface area contributed by atoms with Gasteiger partial charge in [0.05, 0.1) is 11.1 Å². The molecule has 0 saturated carbocycles. The molecule has 1 amide bonds. The van der Waals surface area contributed by atoms with Gasteiger partial charge in [-0.3, -0.25) is 9.59 Å². The summed E-state index contributed by atoms with van der Waals surface area (Å²) in [5, 5.41) is 6.86. The molecule has 0 spiro atoms. The van der Waals surface area contributed by atoms with Gasteiger partial charge in [0.15, 0.2) is 0 Å². The minimum absolute atomic E-state index is 0. The zero-order valence-corrected chi connectivity index (χ0v) is 14.7. The van der Waals surface area contributed by atoms with Crippen molar-refractivity contribution in [3.63, 3.8) is 0 Å². The fourth-order valence-corrected chi connectivity index (χ4v) is 3.02. The fraction of sp³-hybridized carbons (Fsp3) is 0.250. The summed E-state index contributed by atoms with van der Waals surface area (Å²) in [5.41, 5.74) is 1.96. The Morgan fingerprint density at radius 3 is 2.91 bits per heavy atom. The summed E-state index contributed by atoms with van der Waals surface area (Å²) >= 11 is 3.40. The summed E-state index contributed by atoms with van der Waals surface area (Å²) < 4.78 is 0.762. The van der Waals surface area contributed by atoms with Crippen molar-refractivity contribution in [2.24, 2.45) is 0 Å². The number of benzene rings is 1. The van der Waals surface area contributed by atoms with E-state index in [2.05, 4.69) is 37.6 Å². The zero-order chi connectivity index (χ0) is 15.5. The Morgan fingerprint density at radius 2 is 2.17 bits per heavy atom. The van der Waals surface area contributed by atoms with Crippen molar-refractivity contribution in [2.45, 2.75) is 6.42 Å². The van der Waals surface area contributed by atoms with Crippen LogP contribution in [0.4, 0.5) is 0 Å². The predicted molar refractivity (Wildman–Crippen MR) is 97.4 cm³/mol. The second-order valence-electron chi connectivity index (χ2n) is 5.21. The lowest BCUT2D eigenvalue weighted by Gasteiger charge is -2.15. The summed E-state index contributed by atoms with van der Waals surface area (Å²) in [5.74, 6) is -0.228. The van der Waals surface area contributed by atoms with Gasteiger partial charge in [-0.25, -0.2) is 0 Å². The highest BCUT2D eigenvalue weighted by Gasteiger charge is 2.13. The summed E-state index contributed by atoms with van der Waals surface area (Å²) in [7, 11) is 0. The van der Waals surface area contributed by atoms with Crippen LogP contribution in [0.15, 0.2) is 45.2 Å². The van der Waals surface area contributed by atoms with Crippen molar-refractivity contribution in [3.05, 3.63) is 56.3 Å². The number of carbonyl (C=O) groups excluding carboxylic acids is 1. The normalized spacial score (nSPS) is 14.0. The molecule has 1 aromatic carbocycles. The third kappa shape index (κ3) is 4.02. The molecule has 0 bridgehead atoms. The van der Waals surface area contributed by atoms with Gasteiger partial charge in [0.2, 0.25) is 5.56 Å². The Balaban J connectivity index is 0.00000192. The van der Waals surface area contributed by atoms with Crippen LogP contribution in [0.2, 0.25) is 0 Å². The van der Waals surface area contributed by atoms with Crippen LogP contribution < -0.4 is 16.2 Å². The SMILES string of the molecule is Cl.O=C(NCC1=CCNCC1)c1cc(=O)[nH]c2c(Br)cccc12. The van der Waals surface area contributed by atoms with Crippen LogP contribution >= 0.6 is 28.3 Å². The molecule has 1 aliphatic rings. The van der Waals surface area contributed by atoms with Crippen molar-refractivity contribution >= 4 is 45.1 Å². The number of carbonyl (C=O) groups is 1. The molecular weight excluding hydrogens is 382 g/mol. The number of aromatic nitrogens is 1. The Kier molecular flexibility index (Phi) is 5.98. The molecular formula is C16H17BrClN3O2. The Hall–Kier alpha value is -1.63. The van der Waals surface area contributed by atoms with Gasteiger partial charge in [0, 0.05) is 29.0 Å². The lowest BCUT2D eigenvalue weighted by atomic mass is 10.1. The van der Waals surface area contributed by atoms with E-state index in [9.17, 15) is 9.59 Å². The van der Waals surface area contributed by atoms with Crippen LogP contribution in [0.1, 0.15) is 16.8 Å². The second kappa shape index (κ2) is 7.77. The number of fused-ring (bicyclic) bond motifs is 1. The van der Waals surface area contributed by atoms with Crippen LogP contribution in [0.25, 0.3) is 10.9 Å². The van der Waals surface area contributed by atoms with Crippen LogP contribution in [-0.2, 0) is 0 Å². The fourth-order valence-electron chi connectivity index (χ4n) is 2.55. The molecule has 5 nitrogen and oxygen atoms in total. The molecule has 7 heteroatoms. The van der Waals surface area contributed by atoms with Crippen molar-refractivity contribution in [2.75, 3.05) is 19.6 Å². The molecule has 3 N–H and O–H groups in total. The second-order valence-corrected chi connectivity index (χ2v) is 6.06. The first kappa shape index (κ1) is 17.7. The molecule has 122 valence electrons. The van der Waals surface area contributed by atoms with E-state index in [1.807, 2.05) is 18.2 Å². The van der Waals surface area contributed by atoms with E-state index < -0.39 is 0 Å². The van der Waals surface area contributed by atoms with Gasteiger partial charge in [-0.1, -0.05) is 23.8 Å². The van der Waals surface area contributed by atoms with Gasteiger partial charge in [-0.2, -0.15) is 0 Å².